The lowest BCUT2D eigenvalue weighted by atomic mass is 10.3. The van der Waals surface area contributed by atoms with Crippen molar-refractivity contribution in [3.8, 4) is 0 Å². The van der Waals surface area contributed by atoms with Crippen LogP contribution in [0.15, 0.2) is 18.3 Å². The molecule has 0 saturated heterocycles. The number of nitro groups is 1. The third-order valence-electron chi connectivity index (χ3n) is 3.29. The molecular weight excluding hydrogens is 322 g/mol. The minimum absolute atomic E-state index is 0.0276. The number of hydrogen-bond donors (Lipinski definition) is 1. The molecule has 0 unspecified atom stereocenters. The molecule has 0 saturated carbocycles. The molecule has 0 bridgehead atoms. The second-order valence-corrected chi connectivity index (χ2v) is 5.45. The van der Waals surface area contributed by atoms with Gasteiger partial charge in [-0.05, 0) is 32.4 Å². The van der Waals surface area contributed by atoms with Gasteiger partial charge in [0.1, 0.15) is 17.2 Å². The molecule has 0 spiro atoms. The molecule has 2 aromatic rings. The van der Waals surface area contributed by atoms with Gasteiger partial charge in [-0.25, -0.2) is 4.98 Å². The first kappa shape index (κ1) is 16.9. The summed E-state index contributed by atoms with van der Waals surface area (Å²) >= 11 is 5.72. The van der Waals surface area contributed by atoms with Crippen LogP contribution in [0.25, 0.3) is 0 Å². The number of hydrogen-bond acceptors (Lipinski definition) is 5. The highest BCUT2D eigenvalue weighted by molar-refractivity contribution is 6.30. The molecular formula is C14H16ClN5O3. The molecule has 23 heavy (non-hydrogen) atoms. The molecule has 9 heteroatoms. The molecule has 0 aliphatic heterocycles. The zero-order valence-electron chi connectivity index (χ0n) is 12.7. The summed E-state index contributed by atoms with van der Waals surface area (Å²) in [5, 5.41) is 18.2. The number of rotatable bonds is 6. The van der Waals surface area contributed by atoms with E-state index in [9.17, 15) is 14.9 Å². The minimum atomic E-state index is -0.437. The van der Waals surface area contributed by atoms with Crippen LogP contribution in [-0.4, -0.2) is 25.6 Å². The van der Waals surface area contributed by atoms with E-state index in [0.717, 1.165) is 0 Å². The Bertz CT molecular complexity index is 727. The second-order valence-electron chi connectivity index (χ2n) is 5.01. The summed E-state index contributed by atoms with van der Waals surface area (Å²) in [6.45, 7) is 3.68. The predicted molar refractivity (Wildman–Crippen MR) is 85.5 cm³/mol. The molecule has 0 aromatic carbocycles. The first-order valence-corrected chi connectivity index (χ1v) is 7.36. The maximum atomic E-state index is 11.8. The van der Waals surface area contributed by atoms with Gasteiger partial charge in [-0.1, -0.05) is 11.6 Å². The Morgan fingerprint density at radius 3 is 2.74 bits per heavy atom. The van der Waals surface area contributed by atoms with Crippen molar-refractivity contribution in [3.05, 3.63) is 44.9 Å². The van der Waals surface area contributed by atoms with Crippen molar-refractivity contribution >= 4 is 29.0 Å². The van der Waals surface area contributed by atoms with E-state index >= 15 is 0 Å². The van der Waals surface area contributed by atoms with Gasteiger partial charge in [0.2, 0.25) is 5.91 Å². The van der Waals surface area contributed by atoms with E-state index in [1.54, 1.807) is 30.7 Å². The number of pyridine rings is 1. The van der Waals surface area contributed by atoms with Crippen molar-refractivity contribution in [1.29, 1.82) is 0 Å². The fourth-order valence-electron chi connectivity index (χ4n) is 2.21. The highest BCUT2D eigenvalue weighted by atomic mass is 35.5. The van der Waals surface area contributed by atoms with Crippen LogP contribution in [0.1, 0.15) is 24.2 Å². The molecule has 2 rings (SSSR count). The number of anilines is 1. The van der Waals surface area contributed by atoms with Gasteiger partial charge in [0.15, 0.2) is 0 Å². The number of aromatic nitrogens is 3. The van der Waals surface area contributed by atoms with Crippen LogP contribution in [0.4, 0.5) is 11.5 Å². The Morgan fingerprint density at radius 1 is 1.43 bits per heavy atom. The van der Waals surface area contributed by atoms with E-state index in [4.69, 9.17) is 11.6 Å². The van der Waals surface area contributed by atoms with Gasteiger partial charge in [-0.3, -0.25) is 19.6 Å². The summed E-state index contributed by atoms with van der Waals surface area (Å²) in [6, 6.07) is 3.25. The minimum Gasteiger partial charge on any atom is -0.311 e. The Morgan fingerprint density at radius 2 is 2.17 bits per heavy atom. The molecule has 0 atom stereocenters. The molecule has 1 amide bonds. The van der Waals surface area contributed by atoms with Crippen molar-refractivity contribution < 1.29 is 9.72 Å². The molecule has 2 heterocycles. The van der Waals surface area contributed by atoms with Crippen LogP contribution in [-0.2, 0) is 11.3 Å². The molecule has 1 N–H and O–H groups in total. The summed E-state index contributed by atoms with van der Waals surface area (Å²) in [4.78, 5) is 26.3. The summed E-state index contributed by atoms with van der Waals surface area (Å²) in [5.74, 6) is 0.247. The van der Waals surface area contributed by atoms with Gasteiger partial charge in [0.05, 0.1) is 9.95 Å². The number of halogens is 1. The monoisotopic (exact) mass is 337 g/mol. The number of carbonyl (C=O) groups excluding carboxylic acids is 1. The Hall–Kier alpha value is -2.48. The van der Waals surface area contributed by atoms with Crippen LogP contribution < -0.4 is 5.32 Å². The molecule has 2 aromatic heterocycles. The van der Waals surface area contributed by atoms with Gasteiger partial charge in [-0.15, -0.1) is 0 Å². The Kier molecular flexibility index (Phi) is 5.28. The molecule has 0 aliphatic rings. The lowest BCUT2D eigenvalue weighted by Crippen LogP contribution is -2.14. The quantitative estimate of drug-likeness (QED) is 0.644. The fourth-order valence-corrected chi connectivity index (χ4v) is 2.33. The van der Waals surface area contributed by atoms with Crippen molar-refractivity contribution in [2.24, 2.45) is 0 Å². The van der Waals surface area contributed by atoms with Crippen LogP contribution >= 0.6 is 11.6 Å². The first-order chi connectivity index (χ1) is 10.9. The van der Waals surface area contributed by atoms with E-state index in [0.29, 0.717) is 35.2 Å². The highest BCUT2D eigenvalue weighted by Gasteiger charge is 2.21. The van der Waals surface area contributed by atoms with E-state index in [1.165, 1.54) is 6.20 Å². The molecule has 0 radical (unpaired) electrons. The number of aryl methyl sites for hydroxylation is 2. The average Bonchev–Trinajstić information content (AvgIpc) is 2.76. The highest BCUT2D eigenvalue weighted by Crippen LogP contribution is 2.22. The topological polar surface area (TPSA) is 103 Å². The maximum Gasteiger partial charge on any atom is 0.312 e. The third kappa shape index (κ3) is 4.26. The summed E-state index contributed by atoms with van der Waals surface area (Å²) in [7, 11) is 0. The largest absolute Gasteiger partial charge is 0.312 e. The maximum absolute atomic E-state index is 11.8. The number of nitrogens with one attached hydrogen (secondary N) is 1. The number of nitrogens with zero attached hydrogens (tertiary/aromatic N) is 4. The summed E-state index contributed by atoms with van der Waals surface area (Å²) in [6.07, 6.45) is 2.22. The molecule has 0 fully saturated rings. The van der Waals surface area contributed by atoms with Crippen LogP contribution in [0.2, 0.25) is 5.02 Å². The average molecular weight is 338 g/mol. The van der Waals surface area contributed by atoms with E-state index in [-0.39, 0.29) is 18.0 Å². The standard InChI is InChI=1S/C14H16ClN5O3/c1-9-14(20(22)23)10(2)19(18-9)7-3-4-13(21)17-12-6-5-11(15)8-16-12/h5-6,8H,3-4,7H2,1-2H3,(H,16,17,21). The Labute approximate surface area is 137 Å². The zero-order chi connectivity index (χ0) is 17.0. The Balaban J connectivity index is 1.87. The van der Waals surface area contributed by atoms with Crippen molar-refractivity contribution in [1.82, 2.24) is 14.8 Å². The van der Waals surface area contributed by atoms with Crippen molar-refractivity contribution in [2.45, 2.75) is 33.2 Å². The smallest absolute Gasteiger partial charge is 0.311 e. The van der Waals surface area contributed by atoms with Gasteiger partial charge in [0.25, 0.3) is 0 Å². The molecule has 8 nitrogen and oxygen atoms in total. The predicted octanol–water partition coefficient (Wildman–Crippen LogP) is 2.88. The zero-order valence-corrected chi connectivity index (χ0v) is 13.5. The van der Waals surface area contributed by atoms with Gasteiger partial charge in [-0.2, -0.15) is 5.10 Å². The molecule has 122 valence electrons. The van der Waals surface area contributed by atoms with E-state index in [2.05, 4.69) is 15.4 Å². The van der Waals surface area contributed by atoms with Gasteiger partial charge < -0.3 is 5.32 Å². The lowest BCUT2D eigenvalue weighted by molar-refractivity contribution is -0.386. The second kappa shape index (κ2) is 7.19. The lowest BCUT2D eigenvalue weighted by Gasteiger charge is -2.05. The summed E-state index contributed by atoms with van der Waals surface area (Å²) in [5.41, 5.74) is 0.898. The van der Waals surface area contributed by atoms with Crippen molar-refractivity contribution in [2.75, 3.05) is 5.32 Å². The number of carbonyl (C=O) groups is 1. The molecule has 0 aliphatic carbocycles. The van der Waals surface area contributed by atoms with E-state index in [1.807, 2.05) is 0 Å². The van der Waals surface area contributed by atoms with Gasteiger partial charge in [0, 0.05) is 19.2 Å². The third-order valence-corrected chi connectivity index (χ3v) is 3.52. The first-order valence-electron chi connectivity index (χ1n) is 6.98. The number of amides is 1. The van der Waals surface area contributed by atoms with Crippen LogP contribution in [0.3, 0.4) is 0 Å². The summed E-state index contributed by atoms with van der Waals surface area (Å²) < 4.78 is 1.56. The normalized spacial score (nSPS) is 10.6. The van der Waals surface area contributed by atoms with Crippen LogP contribution in [0.5, 0.6) is 0 Å². The SMILES string of the molecule is Cc1nn(CCCC(=O)Nc2ccc(Cl)cn2)c(C)c1[N+](=O)[O-]. The van der Waals surface area contributed by atoms with Crippen molar-refractivity contribution in [3.63, 3.8) is 0 Å². The van der Waals surface area contributed by atoms with E-state index < -0.39 is 4.92 Å². The van der Waals surface area contributed by atoms with Gasteiger partial charge >= 0.3 is 5.69 Å². The van der Waals surface area contributed by atoms with Crippen LogP contribution in [0, 0.1) is 24.0 Å². The fraction of sp³-hybridized carbons (Fsp3) is 0.357.